The normalized spacial score (nSPS) is 12.7. The van der Waals surface area contributed by atoms with E-state index in [1.165, 1.54) is 14.2 Å². The van der Waals surface area contributed by atoms with Crippen molar-refractivity contribution in [3.63, 3.8) is 0 Å². The molecule has 0 bridgehead atoms. The third kappa shape index (κ3) is 5.12. The molecule has 0 radical (unpaired) electrons. The summed E-state index contributed by atoms with van der Waals surface area (Å²) in [6, 6.07) is 8.19. The number of ketones is 1. The first kappa shape index (κ1) is 20.8. The molecule has 0 aromatic heterocycles. The van der Waals surface area contributed by atoms with Crippen LogP contribution in [0.5, 0.6) is 23.0 Å². The van der Waals surface area contributed by atoms with E-state index < -0.39 is 0 Å². The number of carbonyl (C=O) groups is 2. The molecule has 0 aliphatic carbocycles. The number of ether oxygens (including phenoxy) is 4. The molecule has 0 spiro atoms. The van der Waals surface area contributed by atoms with E-state index in [0.717, 1.165) is 6.42 Å². The second-order valence-corrected chi connectivity index (χ2v) is 6.78. The van der Waals surface area contributed by atoms with Gasteiger partial charge in [-0.3, -0.25) is 9.59 Å². The number of amides is 1. The van der Waals surface area contributed by atoms with E-state index in [2.05, 4.69) is 5.32 Å². The molecule has 0 atom stereocenters. The van der Waals surface area contributed by atoms with Crippen LogP contribution < -0.4 is 24.3 Å². The number of methoxy groups -OCH3 is 2. The first-order valence-corrected chi connectivity index (χ1v) is 9.54. The van der Waals surface area contributed by atoms with Crippen LogP contribution in [0.1, 0.15) is 29.6 Å². The third-order valence-electron chi connectivity index (χ3n) is 4.40. The van der Waals surface area contributed by atoms with E-state index in [9.17, 15) is 9.59 Å². The van der Waals surface area contributed by atoms with Crippen LogP contribution >= 0.6 is 11.6 Å². The number of anilines is 1. The molecule has 3 rings (SSSR count). The van der Waals surface area contributed by atoms with Gasteiger partial charge < -0.3 is 24.3 Å². The first-order valence-electron chi connectivity index (χ1n) is 9.16. The van der Waals surface area contributed by atoms with Crippen LogP contribution in [0.15, 0.2) is 30.3 Å². The van der Waals surface area contributed by atoms with E-state index in [0.29, 0.717) is 52.5 Å². The van der Waals surface area contributed by atoms with Crippen molar-refractivity contribution in [1.29, 1.82) is 0 Å². The number of hydrogen-bond donors (Lipinski definition) is 1. The molecule has 0 saturated heterocycles. The lowest BCUT2D eigenvalue weighted by molar-refractivity contribution is -0.116. The van der Waals surface area contributed by atoms with Crippen LogP contribution in [0, 0.1) is 0 Å². The highest BCUT2D eigenvalue weighted by atomic mass is 35.5. The number of nitrogens with one attached hydrogen (secondary N) is 1. The highest BCUT2D eigenvalue weighted by molar-refractivity contribution is 6.32. The minimum Gasteiger partial charge on any atom is -0.495 e. The lowest BCUT2D eigenvalue weighted by atomic mass is 10.1. The Kier molecular flexibility index (Phi) is 6.82. The summed E-state index contributed by atoms with van der Waals surface area (Å²) in [5.74, 6) is 1.54. The highest BCUT2D eigenvalue weighted by Crippen LogP contribution is 2.36. The second kappa shape index (κ2) is 9.52. The molecule has 1 heterocycles. The summed E-state index contributed by atoms with van der Waals surface area (Å²) in [5, 5.41) is 3.06. The average Bonchev–Trinajstić information content (AvgIpc) is 2.97. The summed E-state index contributed by atoms with van der Waals surface area (Å²) in [6.07, 6.45) is 0.856. The number of Topliss-reactive ketones (excluding diaryl/α,β-unsaturated/α-hetero) is 1. The van der Waals surface area contributed by atoms with Gasteiger partial charge in [-0.25, -0.2) is 0 Å². The fourth-order valence-electron chi connectivity index (χ4n) is 2.88. The van der Waals surface area contributed by atoms with Crippen molar-refractivity contribution in [3.8, 4) is 23.0 Å². The van der Waals surface area contributed by atoms with Gasteiger partial charge >= 0.3 is 0 Å². The van der Waals surface area contributed by atoms with Gasteiger partial charge in [-0.05, 0) is 24.3 Å². The van der Waals surface area contributed by atoms with Crippen molar-refractivity contribution in [3.05, 3.63) is 40.9 Å². The Morgan fingerprint density at radius 1 is 1.00 bits per heavy atom. The summed E-state index contributed by atoms with van der Waals surface area (Å²) in [4.78, 5) is 24.8. The molecule has 154 valence electrons. The maximum Gasteiger partial charge on any atom is 0.224 e. The molecular weight excluding hydrogens is 398 g/mol. The van der Waals surface area contributed by atoms with E-state index in [-0.39, 0.29) is 24.5 Å². The molecule has 2 aromatic rings. The zero-order chi connectivity index (χ0) is 20.8. The topological polar surface area (TPSA) is 83.1 Å². The molecule has 1 aliphatic heterocycles. The summed E-state index contributed by atoms with van der Waals surface area (Å²) in [7, 11) is 2.97. The van der Waals surface area contributed by atoms with Crippen molar-refractivity contribution in [2.45, 2.75) is 19.3 Å². The summed E-state index contributed by atoms with van der Waals surface area (Å²) >= 11 is 6.11. The number of fused-ring (bicyclic) bond motifs is 1. The molecule has 8 heteroatoms. The molecule has 2 aromatic carbocycles. The van der Waals surface area contributed by atoms with Crippen molar-refractivity contribution in [1.82, 2.24) is 0 Å². The van der Waals surface area contributed by atoms with Gasteiger partial charge in [0.15, 0.2) is 17.3 Å². The highest BCUT2D eigenvalue weighted by Gasteiger charge is 2.17. The summed E-state index contributed by atoms with van der Waals surface area (Å²) < 4.78 is 21.6. The smallest absolute Gasteiger partial charge is 0.224 e. The Balaban J connectivity index is 1.62. The SMILES string of the molecule is COc1cc(OC)c(NC(=O)CCC(=O)c2ccc3c(c2)OCCCO3)cc1Cl. The fraction of sp³-hybridized carbons (Fsp3) is 0.333. The van der Waals surface area contributed by atoms with Gasteiger partial charge in [0.2, 0.25) is 5.91 Å². The van der Waals surface area contributed by atoms with Gasteiger partial charge in [-0.15, -0.1) is 0 Å². The monoisotopic (exact) mass is 419 g/mol. The van der Waals surface area contributed by atoms with E-state index in [1.54, 1.807) is 30.3 Å². The maximum atomic E-state index is 12.5. The molecule has 0 unspecified atom stereocenters. The summed E-state index contributed by atoms with van der Waals surface area (Å²) in [5.41, 5.74) is 0.887. The first-order chi connectivity index (χ1) is 14.0. The van der Waals surface area contributed by atoms with Crippen molar-refractivity contribution in [2.75, 3.05) is 32.8 Å². The standard InChI is InChI=1S/C21H22ClNO6/c1-26-18-12-19(27-2)15(11-14(18)22)23-21(25)7-5-16(24)13-4-6-17-20(10-13)29-9-3-8-28-17/h4,6,10-12H,3,5,7-9H2,1-2H3,(H,23,25). The predicted octanol–water partition coefficient (Wildman–Crippen LogP) is 4.12. The van der Waals surface area contributed by atoms with Gasteiger partial charge in [0.25, 0.3) is 0 Å². The second-order valence-electron chi connectivity index (χ2n) is 6.37. The van der Waals surface area contributed by atoms with Crippen LogP contribution in [-0.4, -0.2) is 39.1 Å². The number of carbonyl (C=O) groups excluding carboxylic acids is 2. The van der Waals surface area contributed by atoms with Crippen LogP contribution in [0.4, 0.5) is 5.69 Å². The Labute approximate surface area is 173 Å². The predicted molar refractivity (Wildman–Crippen MR) is 109 cm³/mol. The average molecular weight is 420 g/mol. The zero-order valence-corrected chi connectivity index (χ0v) is 17.0. The van der Waals surface area contributed by atoms with Crippen molar-refractivity contribution >= 4 is 29.0 Å². The molecule has 1 amide bonds. The minimum absolute atomic E-state index is 0.0140. The molecule has 7 nitrogen and oxygen atoms in total. The molecule has 0 fully saturated rings. The van der Waals surface area contributed by atoms with E-state index in [4.69, 9.17) is 30.5 Å². The molecular formula is C21H22ClNO6. The number of benzene rings is 2. The number of rotatable bonds is 7. The van der Waals surface area contributed by atoms with Gasteiger partial charge in [0.1, 0.15) is 11.5 Å². The Bertz CT molecular complexity index is 914. The van der Waals surface area contributed by atoms with E-state index in [1.807, 2.05) is 0 Å². The zero-order valence-electron chi connectivity index (χ0n) is 16.2. The quantitative estimate of drug-likeness (QED) is 0.680. The van der Waals surface area contributed by atoms with Gasteiger partial charge in [0, 0.05) is 30.9 Å². The van der Waals surface area contributed by atoms with Gasteiger partial charge in [-0.2, -0.15) is 0 Å². The maximum absolute atomic E-state index is 12.5. The number of halogens is 1. The molecule has 1 N–H and O–H groups in total. The van der Waals surface area contributed by atoms with E-state index >= 15 is 0 Å². The van der Waals surface area contributed by atoms with Crippen molar-refractivity contribution < 1.29 is 28.5 Å². The van der Waals surface area contributed by atoms with Crippen LogP contribution in [0.2, 0.25) is 5.02 Å². The molecule has 29 heavy (non-hydrogen) atoms. The van der Waals surface area contributed by atoms with Crippen LogP contribution in [-0.2, 0) is 4.79 Å². The summed E-state index contributed by atoms with van der Waals surface area (Å²) in [6.45, 7) is 1.12. The lowest BCUT2D eigenvalue weighted by Crippen LogP contribution is -2.14. The van der Waals surface area contributed by atoms with Crippen molar-refractivity contribution in [2.24, 2.45) is 0 Å². The Hall–Kier alpha value is -2.93. The minimum atomic E-state index is -0.327. The van der Waals surface area contributed by atoms with Crippen LogP contribution in [0.25, 0.3) is 0 Å². The Morgan fingerprint density at radius 3 is 2.45 bits per heavy atom. The van der Waals surface area contributed by atoms with Gasteiger partial charge in [0.05, 0.1) is 38.1 Å². The Morgan fingerprint density at radius 2 is 1.72 bits per heavy atom. The van der Waals surface area contributed by atoms with Gasteiger partial charge in [-0.1, -0.05) is 11.6 Å². The lowest BCUT2D eigenvalue weighted by Gasteiger charge is -2.13. The number of hydrogen-bond acceptors (Lipinski definition) is 6. The molecule has 1 aliphatic rings. The largest absolute Gasteiger partial charge is 0.495 e. The fourth-order valence-corrected chi connectivity index (χ4v) is 3.12. The third-order valence-corrected chi connectivity index (χ3v) is 4.69. The molecule has 0 saturated carbocycles. The van der Waals surface area contributed by atoms with Crippen LogP contribution in [0.3, 0.4) is 0 Å².